The molecule has 1 atom stereocenters. The van der Waals surface area contributed by atoms with Gasteiger partial charge in [0.05, 0.1) is 0 Å². The van der Waals surface area contributed by atoms with Crippen molar-refractivity contribution in [3.63, 3.8) is 0 Å². The van der Waals surface area contributed by atoms with Crippen LogP contribution in [0.3, 0.4) is 0 Å². The van der Waals surface area contributed by atoms with Crippen LogP contribution in [0.25, 0.3) is 0 Å². The molecule has 0 aliphatic heterocycles. The lowest BCUT2D eigenvalue weighted by Crippen LogP contribution is -2.28. The highest BCUT2D eigenvalue weighted by atomic mass is 32.2. The number of nitrogens with one attached hydrogen (secondary N) is 1. The lowest BCUT2D eigenvalue weighted by atomic mass is 10.2. The minimum Gasteiger partial charge on any atom is -0.316 e. The third-order valence-corrected chi connectivity index (χ3v) is 5.38. The van der Waals surface area contributed by atoms with Crippen LogP contribution in [0.2, 0.25) is 0 Å². The Bertz CT molecular complexity index is 486. The molecule has 1 aromatic rings. The van der Waals surface area contributed by atoms with Crippen LogP contribution < -0.4 is 5.32 Å². The monoisotopic (exact) mass is 301 g/mol. The topological polar surface area (TPSA) is 46.2 Å². The first-order chi connectivity index (χ1) is 8.92. The second-order valence-corrected chi connectivity index (χ2v) is 8.16. The Morgan fingerprint density at radius 3 is 2.58 bits per heavy atom. The van der Waals surface area contributed by atoms with Crippen molar-refractivity contribution in [3.8, 4) is 0 Å². The molecule has 1 rings (SSSR count). The summed E-state index contributed by atoms with van der Waals surface area (Å²) in [5.74, 6) is 1.24. The van der Waals surface area contributed by atoms with E-state index < -0.39 is 9.84 Å². The van der Waals surface area contributed by atoms with Crippen LogP contribution in [0, 0.1) is 6.92 Å². The van der Waals surface area contributed by atoms with Crippen LogP contribution in [0.15, 0.2) is 29.2 Å². The zero-order valence-corrected chi connectivity index (χ0v) is 13.5. The second kappa shape index (κ2) is 7.92. The smallest absolute Gasteiger partial charge is 0.147 e. The predicted octanol–water partition coefficient (Wildman–Crippen LogP) is 2.50. The van der Waals surface area contributed by atoms with Crippen LogP contribution >= 0.6 is 11.8 Å². The molecule has 0 fully saturated rings. The molecule has 0 radical (unpaired) electrons. The number of thioether (sulfide) groups is 1. The molecule has 0 saturated heterocycles. The normalized spacial score (nSPS) is 13.4. The highest BCUT2D eigenvalue weighted by Gasteiger charge is 2.10. The van der Waals surface area contributed by atoms with Gasteiger partial charge in [-0.05, 0) is 38.4 Å². The van der Waals surface area contributed by atoms with E-state index in [1.807, 2.05) is 30.9 Å². The number of rotatable bonds is 8. The molecule has 19 heavy (non-hydrogen) atoms. The molecule has 5 heteroatoms. The Morgan fingerprint density at radius 2 is 2.00 bits per heavy atom. The lowest BCUT2D eigenvalue weighted by Gasteiger charge is -2.16. The molecular weight excluding hydrogens is 278 g/mol. The molecule has 0 bridgehead atoms. The Hall–Kier alpha value is -0.520. The van der Waals surface area contributed by atoms with Crippen molar-refractivity contribution < 1.29 is 8.42 Å². The van der Waals surface area contributed by atoms with Crippen LogP contribution in [0.4, 0.5) is 0 Å². The van der Waals surface area contributed by atoms with Gasteiger partial charge in [-0.2, -0.15) is 0 Å². The van der Waals surface area contributed by atoms with E-state index in [-0.39, 0.29) is 5.75 Å². The zero-order valence-electron chi connectivity index (χ0n) is 11.8. The van der Waals surface area contributed by atoms with Crippen LogP contribution in [-0.4, -0.2) is 39.3 Å². The maximum absolute atomic E-state index is 11.1. The largest absolute Gasteiger partial charge is 0.316 e. The SMILES string of the molecule is CNC(CCCS(C)(=O)=O)CSc1ccccc1C. The van der Waals surface area contributed by atoms with Crippen LogP contribution in [0.1, 0.15) is 18.4 Å². The molecule has 0 saturated carbocycles. The number of hydrogen-bond acceptors (Lipinski definition) is 4. The Balaban J connectivity index is 2.39. The molecule has 0 aromatic heterocycles. The molecule has 1 aromatic carbocycles. The van der Waals surface area contributed by atoms with Gasteiger partial charge in [0.2, 0.25) is 0 Å². The summed E-state index contributed by atoms with van der Waals surface area (Å²) in [5, 5.41) is 3.26. The van der Waals surface area contributed by atoms with Crippen molar-refractivity contribution >= 4 is 21.6 Å². The fourth-order valence-electron chi connectivity index (χ4n) is 1.81. The van der Waals surface area contributed by atoms with E-state index in [0.717, 1.165) is 18.6 Å². The van der Waals surface area contributed by atoms with Gasteiger partial charge >= 0.3 is 0 Å². The summed E-state index contributed by atoms with van der Waals surface area (Å²) >= 11 is 1.83. The Morgan fingerprint density at radius 1 is 1.32 bits per heavy atom. The van der Waals surface area contributed by atoms with E-state index in [4.69, 9.17) is 0 Å². The van der Waals surface area contributed by atoms with Gasteiger partial charge in [0.25, 0.3) is 0 Å². The molecular formula is C14H23NO2S2. The quantitative estimate of drug-likeness (QED) is 0.749. The van der Waals surface area contributed by atoms with E-state index in [2.05, 4.69) is 24.4 Å². The molecule has 1 N–H and O–H groups in total. The standard InChI is InChI=1S/C14H23NO2S2/c1-12-7-4-5-9-14(12)18-11-13(15-2)8-6-10-19(3,16)17/h4-5,7,9,13,15H,6,8,10-11H2,1-3H3. The summed E-state index contributed by atoms with van der Waals surface area (Å²) in [5.41, 5.74) is 1.29. The van der Waals surface area contributed by atoms with Gasteiger partial charge in [-0.3, -0.25) is 0 Å². The van der Waals surface area contributed by atoms with Crippen LogP contribution in [0.5, 0.6) is 0 Å². The van der Waals surface area contributed by atoms with Gasteiger partial charge in [-0.25, -0.2) is 8.42 Å². The maximum atomic E-state index is 11.1. The predicted molar refractivity (Wildman–Crippen MR) is 83.7 cm³/mol. The van der Waals surface area contributed by atoms with Crippen molar-refractivity contribution in [3.05, 3.63) is 29.8 Å². The fraction of sp³-hybridized carbons (Fsp3) is 0.571. The zero-order chi connectivity index (χ0) is 14.3. The third kappa shape index (κ3) is 6.99. The molecule has 0 heterocycles. The molecule has 0 aliphatic rings. The summed E-state index contributed by atoms with van der Waals surface area (Å²) < 4.78 is 22.2. The van der Waals surface area contributed by atoms with Gasteiger partial charge < -0.3 is 5.32 Å². The lowest BCUT2D eigenvalue weighted by molar-refractivity contribution is 0.556. The summed E-state index contributed by atoms with van der Waals surface area (Å²) in [6.45, 7) is 2.11. The van der Waals surface area contributed by atoms with E-state index >= 15 is 0 Å². The third-order valence-electron chi connectivity index (χ3n) is 3.01. The number of aryl methyl sites for hydroxylation is 1. The van der Waals surface area contributed by atoms with E-state index in [0.29, 0.717) is 6.04 Å². The van der Waals surface area contributed by atoms with Gasteiger partial charge in [0.15, 0.2) is 0 Å². The summed E-state index contributed by atoms with van der Waals surface area (Å²) in [6, 6.07) is 8.68. The first-order valence-corrected chi connectivity index (χ1v) is 9.50. The Labute approximate surface area is 121 Å². The molecule has 1 unspecified atom stereocenters. The van der Waals surface area contributed by atoms with Crippen molar-refractivity contribution in [1.82, 2.24) is 5.32 Å². The molecule has 0 spiro atoms. The number of hydrogen-bond donors (Lipinski definition) is 1. The summed E-state index contributed by atoms with van der Waals surface area (Å²) in [7, 11) is -0.902. The average Bonchev–Trinajstić information content (AvgIpc) is 2.34. The maximum Gasteiger partial charge on any atom is 0.147 e. The van der Waals surface area contributed by atoms with Crippen molar-refractivity contribution in [2.75, 3.05) is 24.8 Å². The van der Waals surface area contributed by atoms with Crippen molar-refractivity contribution in [1.29, 1.82) is 0 Å². The van der Waals surface area contributed by atoms with E-state index in [9.17, 15) is 8.42 Å². The van der Waals surface area contributed by atoms with Crippen molar-refractivity contribution in [2.24, 2.45) is 0 Å². The van der Waals surface area contributed by atoms with Crippen LogP contribution in [-0.2, 0) is 9.84 Å². The molecule has 0 amide bonds. The highest BCUT2D eigenvalue weighted by molar-refractivity contribution is 7.99. The molecule has 3 nitrogen and oxygen atoms in total. The first kappa shape index (κ1) is 16.5. The molecule has 0 aliphatic carbocycles. The van der Waals surface area contributed by atoms with Gasteiger partial charge in [0, 0.05) is 28.7 Å². The second-order valence-electron chi connectivity index (χ2n) is 4.83. The number of sulfone groups is 1. The van der Waals surface area contributed by atoms with Crippen molar-refractivity contribution in [2.45, 2.75) is 30.7 Å². The summed E-state index contributed by atoms with van der Waals surface area (Å²) in [6.07, 6.45) is 2.91. The van der Waals surface area contributed by atoms with E-state index in [1.165, 1.54) is 16.7 Å². The molecule has 108 valence electrons. The first-order valence-electron chi connectivity index (χ1n) is 6.46. The van der Waals surface area contributed by atoms with Gasteiger partial charge in [0.1, 0.15) is 9.84 Å². The summed E-state index contributed by atoms with van der Waals surface area (Å²) in [4.78, 5) is 1.30. The highest BCUT2D eigenvalue weighted by Crippen LogP contribution is 2.23. The fourth-order valence-corrected chi connectivity index (χ4v) is 3.69. The Kier molecular flexibility index (Phi) is 6.89. The minimum absolute atomic E-state index is 0.278. The van der Waals surface area contributed by atoms with Gasteiger partial charge in [-0.15, -0.1) is 11.8 Å². The minimum atomic E-state index is -2.84. The van der Waals surface area contributed by atoms with Gasteiger partial charge in [-0.1, -0.05) is 18.2 Å². The average molecular weight is 301 g/mol. The van der Waals surface area contributed by atoms with E-state index in [1.54, 1.807) is 0 Å². The number of benzene rings is 1.